The van der Waals surface area contributed by atoms with E-state index in [0.29, 0.717) is 5.56 Å². The van der Waals surface area contributed by atoms with Crippen LogP contribution in [0.15, 0.2) is 52.7 Å². The van der Waals surface area contributed by atoms with Gasteiger partial charge in [0.15, 0.2) is 11.6 Å². The molecule has 0 aromatic heterocycles. The van der Waals surface area contributed by atoms with Gasteiger partial charge in [-0.15, -0.1) is 5.10 Å². The minimum atomic E-state index is -0.631. The summed E-state index contributed by atoms with van der Waals surface area (Å²) in [4.78, 5) is 0. The van der Waals surface area contributed by atoms with Crippen molar-refractivity contribution in [1.82, 2.24) is 0 Å². The van der Waals surface area contributed by atoms with E-state index in [1.807, 2.05) is 0 Å². The first kappa shape index (κ1) is 15.4. The Morgan fingerprint density at radius 2 is 1.91 bits per heavy atom. The molecule has 0 bridgehead atoms. The van der Waals surface area contributed by atoms with Gasteiger partial charge in [0.1, 0.15) is 12.4 Å². The predicted molar refractivity (Wildman–Crippen MR) is 80.5 cm³/mol. The number of guanidine groups is 1. The Morgan fingerprint density at radius 3 is 2.68 bits per heavy atom. The third-order valence-electron chi connectivity index (χ3n) is 2.70. The van der Waals surface area contributed by atoms with Crippen molar-refractivity contribution in [1.29, 1.82) is 0 Å². The molecule has 114 valence electrons. The quantitative estimate of drug-likeness (QED) is 0.504. The molecule has 0 radical (unpaired) electrons. The van der Waals surface area contributed by atoms with Crippen LogP contribution in [0.1, 0.15) is 11.1 Å². The van der Waals surface area contributed by atoms with Crippen LogP contribution in [0.3, 0.4) is 0 Å². The highest BCUT2D eigenvalue weighted by Crippen LogP contribution is 2.20. The normalized spacial score (nSPS) is 10.6. The molecule has 0 unspecified atom stereocenters. The van der Waals surface area contributed by atoms with Crippen molar-refractivity contribution in [3.8, 4) is 5.75 Å². The predicted octanol–water partition coefficient (Wildman–Crippen LogP) is 2.15. The van der Waals surface area contributed by atoms with Crippen LogP contribution in [0.4, 0.5) is 8.78 Å². The molecule has 0 saturated carbocycles. The fourth-order valence-corrected chi connectivity index (χ4v) is 1.69. The minimum absolute atomic E-state index is 0.0460. The van der Waals surface area contributed by atoms with Crippen molar-refractivity contribution in [2.45, 2.75) is 6.61 Å². The van der Waals surface area contributed by atoms with Crippen molar-refractivity contribution in [3.63, 3.8) is 0 Å². The van der Waals surface area contributed by atoms with E-state index >= 15 is 0 Å². The number of nitrogens with zero attached hydrogens (tertiary/aromatic N) is 2. The highest BCUT2D eigenvalue weighted by Gasteiger charge is 2.07. The second kappa shape index (κ2) is 7.16. The SMILES string of the molecule is NC(N)=NN=Cc1ccccc1COc1cc(F)ccc1F. The topological polar surface area (TPSA) is 86.0 Å². The summed E-state index contributed by atoms with van der Waals surface area (Å²) in [5, 5.41) is 7.21. The van der Waals surface area contributed by atoms with E-state index in [2.05, 4.69) is 10.2 Å². The Kier molecular flexibility index (Phi) is 5.02. The fraction of sp³-hybridized carbons (Fsp3) is 0.0667. The molecule has 0 spiro atoms. The van der Waals surface area contributed by atoms with Crippen molar-refractivity contribution in [3.05, 3.63) is 65.2 Å². The molecule has 2 rings (SSSR count). The van der Waals surface area contributed by atoms with Crippen LogP contribution in [0, 0.1) is 11.6 Å². The van der Waals surface area contributed by atoms with Crippen molar-refractivity contribution in [2.75, 3.05) is 0 Å². The van der Waals surface area contributed by atoms with E-state index in [1.165, 1.54) is 6.21 Å². The lowest BCUT2D eigenvalue weighted by molar-refractivity contribution is 0.288. The van der Waals surface area contributed by atoms with Gasteiger partial charge in [0.2, 0.25) is 5.96 Å². The van der Waals surface area contributed by atoms with Gasteiger partial charge in [0.05, 0.1) is 6.21 Å². The zero-order valence-corrected chi connectivity index (χ0v) is 11.5. The number of hydrogen-bond acceptors (Lipinski definition) is 3. The molecule has 4 N–H and O–H groups in total. The molecular weight excluding hydrogens is 290 g/mol. The van der Waals surface area contributed by atoms with Crippen LogP contribution in [0.2, 0.25) is 0 Å². The molecule has 0 aliphatic rings. The number of nitrogens with two attached hydrogens (primary N) is 2. The van der Waals surface area contributed by atoms with Crippen LogP contribution in [-0.4, -0.2) is 12.2 Å². The number of ether oxygens (including phenoxy) is 1. The highest BCUT2D eigenvalue weighted by atomic mass is 19.1. The smallest absolute Gasteiger partial charge is 0.211 e. The summed E-state index contributed by atoms with van der Waals surface area (Å²) in [5.74, 6) is -1.52. The molecular formula is C15H14F2N4O. The van der Waals surface area contributed by atoms with E-state index in [-0.39, 0.29) is 18.3 Å². The second-order valence-corrected chi connectivity index (χ2v) is 4.33. The summed E-state index contributed by atoms with van der Waals surface area (Å²) < 4.78 is 31.9. The lowest BCUT2D eigenvalue weighted by Gasteiger charge is -2.09. The van der Waals surface area contributed by atoms with Gasteiger partial charge >= 0.3 is 0 Å². The zero-order chi connectivity index (χ0) is 15.9. The Morgan fingerprint density at radius 1 is 1.14 bits per heavy atom. The highest BCUT2D eigenvalue weighted by molar-refractivity contribution is 5.83. The maximum Gasteiger partial charge on any atom is 0.211 e. The van der Waals surface area contributed by atoms with Gasteiger partial charge in [-0.05, 0) is 17.7 Å². The third kappa shape index (κ3) is 4.27. The van der Waals surface area contributed by atoms with Gasteiger partial charge in [-0.3, -0.25) is 0 Å². The van der Waals surface area contributed by atoms with Gasteiger partial charge in [-0.25, -0.2) is 8.78 Å². The molecule has 22 heavy (non-hydrogen) atoms. The Bertz CT molecular complexity index is 712. The number of hydrogen-bond donors (Lipinski definition) is 2. The van der Waals surface area contributed by atoms with Crippen molar-refractivity contribution >= 4 is 12.2 Å². The molecule has 5 nitrogen and oxygen atoms in total. The van der Waals surface area contributed by atoms with Crippen LogP contribution < -0.4 is 16.2 Å². The van der Waals surface area contributed by atoms with Gasteiger partial charge in [-0.1, -0.05) is 24.3 Å². The average molecular weight is 304 g/mol. The third-order valence-corrected chi connectivity index (χ3v) is 2.70. The number of halogens is 2. The summed E-state index contributed by atoms with van der Waals surface area (Å²) in [5.41, 5.74) is 11.8. The van der Waals surface area contributed by atoms with E-state index in [1.54, 1.807) is 24.3 Å². The van der Waals surface area contributed by atoms with Gasteiger partial charge < -0.3 is 16.2 Å². The first-order valence-electron chi connectivity index (χ1n) is 6.34. The molecule has 0 atom stereocenters. The van der Waals surface area contributed by atoms with E-state index in [9.17, 15) is 8.78 Å². The molecule has 0 heterocycles. The lowest BCUT2D eigenvalue weighted by atomic mass is 10.1. The van der Waals surface area contributed by atoms with Gasteiger partial charge in [0, 0.05) is 11.6 Å². The molecule has 7 heteroatoms. The van der Waals surface area contributed by atoms with Crippen LogP contribution >= 0.6 is 0 Å². The molecule has 0 fully saturated rings. The standard InChI is InChI=1S/C15H14F2N4O/c16-12-5-6-13(17)14(7-12)22-9-11-4-2-1-3-10(11)8-20-21-15(18)19/h1-8H,9H2,(H4,18,19,21). The van der Waals surface area contributed by atoms with Gasteiger partial charge in [0.25, 0.3) is 0 Å². The summed E-state index contributed by atoms with van der Waals surface area (Å²) in [6.07, 6.45) is 1.44. The largest absolute Gasteiger partial charge is 0.486 e. The monoisotopic (exact) mass is 304 g/mol. The first-order chi connectivity index (χ1) is 10.6. The van der Waals surface area contributed by atoms with Crippen LogP contribution in [0.25, 0.3) is 0 Å². The zero-order valence-electron chi connectivity index (χ0n) is 11.5. The van der Waals surface area contributed by atoms with Crippen molar-refractivity contribution < 1.29 is 13.5 Å². The summed E-state index contributed by atoms with van der Waals surface area (Å²) in [6.45, 7) is 0.0460. The average Bonchev–Trinajstić information content (AvgIpc) is 2.49. The molecule has 0 saturated heterocycles. The van der Waals surface area contributed by atoms with E-state index in [4.69, 9.17) is 16.2 Å². The Balaban J connectivity index is 2.14. The molecule has 0 amide bonds. The summed E-state index contributed by atoms with van der Waals surface area (Å²) in [6, 6.07) is 10.2. The Hall–Kier alpha value is -2.96. The van der Waals surface area contributed by atoms with Crippen LogP contribution in [-0.2, 0) is 6.61 Å². The number of rotatable bonds is 5. The maximum absolute atomic E-state index is 13.5. The van der Waals surface area contributed by atoms with Crippen LogP contribution in [0.5, 0.6) is 5.75 Å². The number of benzene rings is 2. The second-order valence-electron chi connectivity index (χ2n) is 4.33. The fourth-order valence-electron chi connectivity index (χ4n) is 1.69. The van der Waals surface area contributed by atoms with Crippen molar-refractivity contribution in [2.24, 2.45) is 21.7 Å². The summed E-state index contributed by atoms with van der Waals surface area (Å²) >= 11 is 0. The molecule has 0 aliphatic heterocycles. The lowest BCUT2D eigenvalue weighted by Crippen LogP contribution is -2.21. The van der Waals surface area contributed by atoms with E-state index < -0.39 is 11.6 Å². The first-order valence-corrected chi connectivity index (χ1v) is 6.34. The summed E-state index contributed by atoms with van der Waals surface area (Å²) in [7, 11) is 0. The Labute approximate surface area is 125 Å². The molecule has 0 aliphatic carbocycles. The van der Waals surface area contributed by atoms with Gasteiger partial charge in [-0.2, -0.15) is 5.10 Å². The molecule has 2 aromatic rings. The minimum Gasteiger partial charge on any atom is -0.486 e. The van der Waals surface area contributed by atoms with E-state index in [0.717, 1.165) is 23.8 Å². The molecule has 2 aromatic carbocycles. The maximum atomic E-state index is 13.5.